The highest BCUT2D eigenvalue weighted by Gasteiger charge is 1.92. The summed E-state index contributed by atoms with van der Waals surface area (Å²) in [7, 11) is 1.60. The third-order valence-electron chi connectivity index (χ3n) is 0.805. The molecular formula is C5H14N2O. The van der Waals surface area contributed by atoms with Crippen molar-refractivity contribution >= 4 is 0 Å². The average Bonchev–Trinajstić information content (AvgIpc) is 1.68. The Morgan fingerprint density at radius 1 is 1.62 bits per heavy atom. The minimum atomic E-state index is 0.241. The number of hydrogen-bond acceptors (Lipinski definition) is 3. The quantitative estimate of drug-likeness (QED) is 0.405. The summed E-state index contributed by atoms with van der Waals surface area (Å²) in [4.78, 5) is 4.64. The molecular weight excluding hydrogens is 104 g/mol. The number of hydrogen-bond donors (Lipinski definition) is 2. The van der Waals surface area contributed by atoms with Crippen molar-refractivity contribution in [3.63, 3.8) is 0 Å². The van der Waals surface area contributed by atoms with Crippen LogP contribution in [0.25, 0.3) is 0 Å². The summed E-state index contributed by atoms with van der Waals surface area (Å²) in [6, 6.07) is 0. The van der Waals surface area contributed by atoms with Gasteiger partial charge in [0.05, 0.1) is 13.3 Å². The van der Waals surface area contributed by atoms with E-state index in [2.05, 4.69) is 15.6 Å². The first-order valence-electron chi connectivity index (χ1n) is 2.83. The van der Waals surface area contributed by atoms with Gasteiger partial charge >= 0.3 is 0 Å². The van der Waals surface area contributed by atoms with Crippen LogP contribution in [-0.4, -0.2) is 19.8 Å². The lowest BCUT2D eigenvalue weighted by molar-refractivity contribution is 0.0565. The molecule has 0 aliphatic rings. The smallest absolute Gasteiger partial charge is 0.0783 e. The Balaban J connectivity index is 2.92. The molecule has 8 heavy (non-hydrogen) atoms. The van der Waals surface area contributed by atoms with Gasteiger partial charge in [0.25, 0.3) is 0 Å². The molecule has 1 atom stereocenters. The Bertz CT molecular complexity index is 43.7. The second-order valence-electron chi connectivity index (χ2n) is 1.60. The lowest BCUT2D eigenvalue weighted by Gasteiger charge is -2.10. The molecule has 0 radical (unpaired) electrons. The van der Waals surface area contributed by atoms with Crippen LogP contribution in [0.15, 0.2) is 0 Å². The molecule has 0 aliphatic heterocycles. The first-order valence-corrected chi connectivity index (χ1v) is 2.83. The van der Waals surface area contributed by atoms with E-state index in [1.807, 2.05) is 13.8 Å². The van der Waals surface area contributed by atoms with Crippen LogP contribution in [0.2, 0.25) is 0 Å². The predicted octanol–water partition coefficient (Wildman–Crippen LogP) is 0.0929. The van der Waals surface area contributed by atoms with E-state index >= 15 is 0 Å². The van der Waals surface area contributed by atoms with Gasteiger partial charge in [-0.05, 0) is 13.5 Å². The monoisotopic (exact) mass is 118 g/mol. The summed E-state index contributed by atoms with van der Waals surface area (Å²) in [5.41, 5.74) is 2.74. The van der Waals surface area contributed by atoms with E-state index < -0.39 is 0 Å². The van der Waals surface area contributed by atoms with Crippen LogP contribution in [0.3, 0.4) is 0 Å². The second kappa shape index (κ2) is 5.03. The van der Waals surface area contributed by atoms with E-state index in [-0.39, 0.29) is 6.17 Å². The lowest BCUT2D eigenvalue weighted by Crippen LogP contribution is -2.38. The molecule has 0 bridgehead atoms. The third kappa shape index (κ3) is 4.05. The molecule has 3 nitrogen and oxygen atoms in total. The minimum absolute atomic E-state index is 0.241. The van der Waals surface area contributed by atoms with E-state index in [9.17, 15) is 0 Å². The zero-order valence-electron chi connectivity index (χ0n) is 5.69. The van der Waals surface area contributed by atoms with Crippen molar-refractivity contribution < 1.29 is 4.84 Å². The van der Waals surface area contributed by atoms with Crippen molar-refractivity contribution in [2.75, 3.05) is 13.7 Å². The van der Waals surface area contributed by atoms with E-state index in [0.29, 0.717) is 0 Å². The van der Waals surface area contributed by atoms with E-state index in [0.717, 1.165) is 6.54 Å². The van der Waals surface area contributed by atoms with Gasteiger partial charge in [-0.15, -0.1) is 0 Å². The molecule has 0 fully saturated rings. The highest BCUT2D eigenvalue weighted by atomic mass is 16.6. The first-order chi connectivity index (χ1) is 3.81. The van der Waals surface area contributed by atoms with E-state index in [4.69, 9.17) is 0 Å². The largest absolute Gasteiger partial charge is 0.304 e. The third-order valence-corrected chi connectivity index (χ3v) is 0.805. The second-order valence-corrected chi connectivity index (χ2v) is 1.60. The molecule has 0 amide bonds. The summed E-state index contributed by atoms with van der Waals surface area (Å²) in [5.74, 6) is 0. The molecule has 1 unspecified atom stereocenters. The molecule has 0 rings (SSSR count). The molecule has 0 heterocycles. The highest BCUT2D eigenvalue weighted by molar-refractivity contribution is 4.46. The first kappa shape index (κ1) is 7.88. The molecule has 0 aromatic rings. The fourth-order valence-electron chi connectivity index (χ4n) is 0.525. The summed E-state index contributed by atoms with van der Waals surface area (Å²) < 4.78 is 0. The maximum absolute atomic E-state index is 4.64. The zero-order valence-corrected chi connectivity index (χ0v) is 5.69. The Morgan fingerprint density at radius 2 is 2.25 bits per heavy atom. The van der Waals surface area contributed by atoms with Crippen molar-refractivity contribution in [2.45, 2.75) is 20.0 Å². The van der Waals surface area contributed by atoms with Crippen LogP contribution < -0.4 is 10.8 Å². The van der Waals surface area contributed by atoms with E-state index in [1.165, 1.54) is 0 Å². The summed E-state index contributed by atoms with van der Waals surface area (Å²) >= 11 is 0. The maximum atomic E-state index is 4.64. The van der Waals surface area contributed by atoms with Gasteiger partial charge in [-0.1, -0.05) is 6.92 Å². The molecule has 2 N–H and O–H groups in total. The van der Waals surface area contributed by atoms with Gasteiger partial charge in [0.1, 0.15) is 0 Å². The molecule has 0 aromatic heterocycles. The van der Waals surface area contributed by atoms with Gasteiger partial charge < -0.3 is 10.2 Å². The van der Waals surface area contributed by atoms with Crippen LogP contribution in [-0.2, 0) is 4.84 Å². The molecule has 0 saturated heterocycles. The molecule has 0 aromatic carbocycles. The summed E-state index contributed by atoms with van der Waals surface area (Å²) in [5, 5.41) is 3.11. The van der Waals surface area contributed by atoms with Crippen LogP contribution in [0.5, 0.6) is 0 Å². The molecule has 0 spiro atoms. The molecule has 0 aliphatic carbocycles. The summed E-state index contributed by atoms with van der Waals surface area (Å²) in [6.07, 6.45) is 0.241. The minimum Gasteiger partial charge on any atom is -0.304 e. The number of rotatable bonds is 4. The molecule has 50 valence electrons. The Labute approximate surface area is 50.4 Å². The van der Waals surface area contributed by atoms with Crippen LogP contribution in [0.1, 0.15) is 13.8 Å². The van der Waals surface area contributed by atoms with Gasteiger partial charge in [-0.2, -0.15) is 5.48 Å². The van der Waals surface area contributed by atoms with Gasteiger partial charge in [0.2, 0.25) is 0 Å². The summed E-state index contributed by atoms with van der Waals surface area (Å²) in [6.45, 7) is 5.00. The topological polar surface area (TPSA) is 33.3 Å². The van der Waals surface area contributed by atoms with Crippen molar-refractivity contribution in [3.05, 3.63) is 0 Å². The highest BCUT2D eigenvalue weighted by Crippen LogP contribution is 1.70. The van der Waals surface area contributed by atoms with Gasteiger partial charge in [-0.25, -0.2) is 0 Å². The Morgan fingerprint density at radius 3 is 2.62 bits per heavy atom. The number of nitrogens with one attached hydrogen (secondary N) is 2. The maximum Gasteiger partial charge on any atom is 0.0783 e. The van der Waals surface area contributed by atoms with Crippen LogP contribution in [0, 0.1) is 0 Å². The standard InChI is InChI=1S/C5H14N2O/c1-4-6-5(2)7-8-3/h5-7H,4H2,1-3H3. The van der Waals surface area contributed by atoms with Gasteiger partial charge in [0.15, 0.2) is 0 Å². The predicted molar refractivity (Wildman–Crippen MR) is 33.3 cm³/mol. The van der Waals surface area contributed by atoms with Gasteiger partial charge in [-0.3, -0.25) is 0 Å². The van der Waals surface area contributed by atoms with Crippen molar-refractivity contribution in [2.24, 2.45) is 0 Å². The fourth-order valence-corrected chi connectivity index (χ4v) is 0.525. The Kier molecular flexibility index (Phi) is 4.95. The van der Waals surface area contributed by atoms with Crippen LogP contribution >= 0.6 is 0 Å². The van der Waals surface area contributed by atoms with Crippen LogP contribution in [0.4, 0.5) is 0 Å². The van der Waals surface area contributed by atoms with Gasteiger partial charge in [0, 0.05) is 0 Å². The zero-order chi connectivity index (χ0) is 6.41. The van der Waals surface area contributed by atoms with Crippen molar-refractivity contribution in [1.29, 1.82) is 0 Å². The number of hydroxylamine groups is 1. The molecule has 0 saturated carbocycles. The Hall–Kier alpha value is -0.120. The normalized spacial score (nSPS) is 13.9. The molecule has 3 heteroatoms. The van der Waals surface area contributed by atoms with E-state index in [1.54, 1.807) is 7.11 Å². The fraction of sp³-hybridized carbons (Fsp3) is 1.00. The SMILES string of the molecule is CCNC(C)NOC. The van der Waals surface area contributed by atoms with Crippen molar-refractivity contribution in [3.8, 4) is 0 Å². The average molecular weight is 118 g/mol. The van der Waals surface area contributed by atoms with Crippen molar-refractivity contribution in [1.82, 2.24) is 10.8 Å². The lowest BCUT2D eigenvalue weighted by atomic mass is 10.6.